The highest BCUT2D eigenvalue weighted by atomic mass is 16.5. The Balaban J connectivity index is 1.35. The van der Waals surface area contributed by atoms with Crippen LogP contribution in [0.3, 0.4) is 0 Å². The van der Waals surface area contributed by atoms with E-state index < -0.39 is 0 Å². The number of hydrogen-bond donors (Lipinski definition) is 4. The molecule has 0 spiro atoms. The first-order chi connectivity index (χ1) is 13.2. The fourth-order valence-corrected chi connectivity index (χ4v) is 3.55. The number of carbonyl (C=O) groups excluding carboxylic acids is 2. The monoisotopic (exact) mass is 374 g/mol. The zero-order chi connectivity index (χ0) is 18.9. The summed E-state index contributed by atoms with van der Waals surface area (Å²) in [6.45, 7) is 3.42. The van der Waals surface area contributed by atoms with Crippen LogP contribution in [-0.2, 0) is 9.53 Å². The van der Waals surface area contributed by atoms with Gasteiger partial charge >= 0.3 is 6.03 Å². The summed E-state index contributed by atoms with van der Waals surface area (Å²) in [5.74, 6) is 0.695. The van der Waals surface area contributed by atoms with Crippen molar-refractivity contribution in [3.63, 3.8) is 0 Å². The van der Waals surface area contributed by atoms with Crippen molar-refractivity contribution in [3.8, 4) is 0 Å². The minimum atomic E-state index is -0.246. The molecule has 0 aliphatic carbocycles. The van der Waals surface area contributed by atoms with Crippen molar-refractivity contribution >= 4 is 23.3 Å². The fourth-order valence-electron chi connectivity index (χ4n) is 3.55. The molecule has 2 fully saturated rings. The van der Waals surface area contributed by atoms with E-state index in [2.05, 4.69) is 21.3 Å². The van der Waals surface area contributed by atoms with E-state index in [0.717, 1.165) is 57.5 Å². The number of ether oxygens (including phenoxy) is 1. The zero-order valence-corrected chi connectivity index (χ0v) is 15.8. The number of amides is 3. The third-order valence-corrected chi connectivity index (χ3v) is 5.18. The molecule has 4 N–H and O–H groups in total. The Morgan fingerprint density at radius 1 is 1.04 bits per heavy atom. The molecule has 2 aliphatic heterocycles. The highest BCUT2D eigenvalue weighted by molar-refractivity contribution is 5.92. The highest BCUT2D eigenvalue weighted by Gasteiger charge is 2.16. The van der Waals surface area contributed by atoms with Crippen LogP contribution in [0.1, 0.15) is 38.5 Å². The van der Waals surface area contributed by atoms with Gasteiger partial charge in [-0.05, 0) is 75.4 Å². The van der Waals surface area contributed by atoms with Crippen LogP contribution < -0.4 is 21.3 Å². The normalized spacial score (nSPS) is 20.2. The van der Waals surface area contributed by atoms with Crippen LogP contribution in [-0.4, -0.2) is 44.3 Å². The lowest BCUT2D eigenvalue weighted by atomic mass is 9.93. The molecule has 2 aliphatic rings. The minimum Gasteiger partial charge on any atom is -0.376 e. The predicted octanol–water partition coefficient (Wildman–Crippen LogP) is 2.71. The number of piperidine rings is 1. The third-order valence-electron chi connectivity index (χ3n) is 5.18. The van der Waals surface area contributed by atoms with E-state index in [-0.39, 0.29) is 18.0 Å². The average molecular weight is 374 g/mol. The van der Waals surface area contributed by atoms with E-state index in [0.29, 0.717) is 24.6 Å². The Morgan fingerprint density at radius 3 is 2.41 bits per heavy atom. The first-order valence-corrected chi connectivity index (χ1v) is 9.96. The maximum absolute atomic E-state index is 12.1. The molecule has 2 saturated heterocycles. The molecule has 1 unspecified atom stereocenters. The summed E-state index contributed by atoms with van der Waals surface area (Å²) in [5, 5.41) is 11.9. The van der Waals surface area contributed by atoms with Crippen molar-refractivity contribution in [1.29, 1.82) is 0 Å². The lowest BCUT2D eigenvalue weighted by molar-refractivity contribution is -0.116. The second kappa shape index (κ2) is 10.3. The largest absolute Gasteiger partial charge is 0.376 e. The molecular weight excluding hydrogens is 344 g/mol. The molecule has 7 heteroatoms. The van der Waals surface area contributed by atoms with E-state index in [1.807, 2.05) is 0 Å². The number of rotatable bonds is 7. The molecule has 1 aromatic carbocycles. The van der Waals surface area contributed by atoms with E-state index in [1.165, 1.54) is 0 Å². The number of anilines is 2. The van der Waals surface area contributed by atoms with Crippen LogP contribution in [0.5, 0.6) is 0 Å². The van der Waals surface area contributed by atoms with Crippen LogP contribution in [0, 0.1) is 5.92 Å². The van der Waals surface area contributed by atoms with Crippen LogP contribution in [0.15, 0.2) is 24.3 Å². The number of urea groups is 1. The second-order valence-electron chi connectivity index (χ2n) is 7.33. The minimum absolute atomic E-state index is 0.0450. The van der Waals surface area contributed by atoms with Crippen LogP contribution in [0.25, 0.3) is 0 Å². The molecular formula is C20H30N4O3. The van der Waals surface area contributed by atoms with Crippen molar-refractivity contribution in [2.75, 3.05) is 36.9 Å². The Labute approximate surface area is 160 Å². The van der Waals surface area contributed by atoms with Crippen molar-refractivity contribution in [1.82, 2.24) is 10.6 Å². The molecule has 2 heterocycles. The molecule has 3 amide bonds. The molecule has 1 aromatic rings. The van der Waals surface area contributed by atoms with Gasteiger partial charge < -0.3 is 26.0 Å². The van der Waals surface area contributed by atoms with Gasteiger partial charge in [0.2, 0.25) is 5.91 Å². The molecule has 3 rings (SSSR count). The maximum Gasteiger partial charge on any atom is 0.319 e. The molecule has 148 valence electrons. The van der Waals surface area contributed by atoms with Crippen molar-refractivity contribution in [2.24, 2.45) is 5.92 Å². The third kappa shape index (κ3) is 6.84. The molecule has 0 radical (unpaired) electrons. The first-order valence-electron chi connectivity index (χ1n) is 9.96. The van der Waals surface area contributed by atoms with Crippen molar-refractivity contribution in [2.45, 2.75) is 44.6 Å². The number of hydrogen-bond acceptors (Lipinski definition) is 4. The molecule has 0 saturated carbocycles. The molecule has 0 aromatic heterocycles. The summed E-state index contributed by atoms with van der Waals surface area (Å²) in [7, 11) is 0. The Bertz CT molecular complexity index is 608. The Morgan fingerprint density at radius 2 is 1.74 bits per heavy atom. The fraction of sp³-hybridized carbons (Fsp3) is 0.600. The molecule has 0 bridgehead atoms. The van der Waals surface area contributed by atoms with E-state index >= 15 is 0 Å². The van der Waals surface area contributed by atoms with Crippen LogP contribution in [0.4, 0.5) is 16.2 Å². The average Bonchev–Trinajstić information content (AvgIpc) is 3.21. The first kappa shape index (κ1) is 19.6. The highest BCUT2D eigenvalue weighted by Crippen LogP contribution is 2.19. The lowest BCUT2D eigenvalue weighted by Crippen LogP contribution is -2.35. The van der Waals surface area contributed by atoms with Gasteiger partial charge in [0.25, 0.3) is 0 Å². The maximum atomic E-state index is 12.1. The molecule has 27 heavy (non-hydrogen) atoms. The SMILES string of the molecule is O=C(CCC1CCNCC1)Nc1ccc(NC(=O)NCC2CCCO2)cc1. The topological polar surface area (TPSA) is 91.5 Å². The van der Waals surface area contributed by atoms with Crippen molar-refractivity contribution < 1.29 is 14.3 Å². The summed E-state index contributed by atoms with van der Waals surface area (Å²) in [6, 6.07) is 6.93. The Kier molecular flexibility index (Phi) is 7.47. The number of nitrogens with one attached hydrogen (secondary N) is 4. The van der Waals surface area contributed by atoms with Gasteiger partial charge in [0.05, 0.1) is 6.10 Å². The van der Waals surface area contributed by atoms with Gasteiger partial charge in [0, 0.05) is 30.9 Å². The van der Waals surface area contributed by atoms with Gasteiger partial charge in [-0.2, -0.15) is 0 Å². The Hall–Kier alpha value is -2.12. The quantitative estimate of drug-likeness (QED) is 0.591. The van der Waals surface area contributed by atoms with E-state index in [1.54, 1.807) is 24.3 Å². The summed E-state index contributed by atoms with van der Waals surface area (Å²) in [6.07, 6.45) is 5.98. The molecule has 1 atom stereocenters. The van der Waals surface area contributed by atoms with Gasteiger partial charge in [-0.3, -0.25) is 4.79 Å². The van der Waals surface area contributed by atoms with Gasteiger partial charge in [-0.15, -0.1) is 0 Å². The van der Waals surface area contributed by atoms with Gasteiger partial charge in [0.15, 0.2) is 0 Å². The van der Waals surface area contributed by atoms with Crippen LogP contribution >= 0.6 is 0 Å². The van der Waals surface area contributed by atoms with Gasteiger partial charge in [0.1, 0.15) is 0 Å². The summed E-state index contributed by atoms with van der Waals surface area (Å²) in [5.41, 5.74) is 1.43. The number of carbonyl (C=O) groups is 2. The summed E-state index contributed by atoms with van der Waals surface area (Å²) < 4.78 is 5.48. The predicted molar refractivity (Wildman–Crippen MR) is 106 cm³/mol. The lowest BCUT2D eigenvalue weighted by Gasteiger charge is -2.22. The van der Waals surface area contributed by atoms with E-state index in [9.17, 15) is 9.59 Å². The standard InChI is InChI=1S/C20H30N4O3/c25-19(8-3-15-9-11-21-12-10-15)23-16-4-6-17(7-5-16)24-20(26)22-14-18-2-1-13-27-18/h4-7,15,18,21H,1-3,8-14H2,(H,23,25)(H2,22,24,26). The number of benzene rings is 1. The van der Waals surface area contributed by atoms with Crippen molar-refractivity contribution in [3.05, 3.63) is 24.3 Å². The van der Waals surface area contributed by atoms with Gasteiger partial charge in [-0.1, -0.05) is 0 Å². The second-order valence-corrected chi connectivity index (χ2v) is 7.33. The summed E-state index contributed by atoms with van der Waals surface area (Å²) in [4.78, 5) is 24.0. The van der Waals surface area contributed by atoms with Crippen LogP contribution in [0.2, 0.25) is 0 Å². The summed E-state index contributed by atoms with van der Waals surface area (Å²) >= 11 is 0. The zero-order valence-electron chi connectivity index (χ0n) is 15.8. The smallest absolute Gasteiger partial charge is 0.319 e. The molecule has 7 nitrogen and oxygen atoms in total. The van der Waals surface area contributed by atoms with E-state index in [4.69, 9.17) is 4.74 Å². The van der Waals surface area contributed by atoms with Gasteiger partial charge in [-0.25, -0.2) is 4.79 Å².